The minimum absolute atomic E-state index is 0.0862. The van der Waals surface area contributed by atoms with E-state index in [2.05, 4.69) is 15.3 Å². The van der Waals surface area contributed by atoms with Crippen LogP contribution in [0.25, 0.3) is 0 Å². The fraction of sp³-hybridized carbons (Fsp3) is 0.150. The molecular weight excluding hydrogens is 398 g/mol. The maximum atomic E-state index is 12.8. The van der Waals surface area contributed by atoms with E-state index >= 15 is 0 Å². The third-order valence-corrected chi connectivity index (χ3v) is 5.65. The number of hydrogen-bond acceptors (Lipinski definition) is 5. The van der Waals surface area contributed by atoms with E-state index in [0.29, 0.717) is 27.1 Å². The minimum atomic E-state index is -0.459. The molecule has 0 saturated carbocycles. The molecule has 0 radical (unpaired) electrons. The molecular formula is C20H16ClN3O3S. The van der Waals surface area contributed by atoms with Gasteiger partial charge in [-0.05, 0) is 35.4 Å². The Bertz CT molecular complexity index is 1120. The lowest BCUT2D eigenvalue weighted by molar-refractivity contribution is -0.116. The Labute approximate surface area is 170 Å². The number of carbonyl (C=O) groups is 1. The Hall–Kier alpha value is -2.77. The predicted molar refractivity (Wildman–Crippen MR) is 109 cm³/mol. The summed E-state index contributed by atoms with van der Waals surface area (Å²) in [6.45, 7) is 0. The average molecular weight is 414 g/mol. The summed E-state index contributed by atoms with van der Waals surface area (Å²) in [4.78, 5) is 32.2. The van der Waals surface area contributed by atoms with Crippen LogP contribution in [0.2, 0.25) is 5.02 Å². The standard InChI is InChI=1S/C20H16ClN3O3S/c21-13-5-1-3-11(7-13)10-28-20-23-18-17(19(27)24-20)15(9-16(26)22-18)12-4-2-6-14(25)8-12/h1-8,15,25H,9-10H2,(H2,22,23,24,26,27). The second-order valence-electron chi connectivity index (χ2n) is 6.45. The molecule has 1 aliphatic rings. The fourth-order valence-electron chi connectivity index (χ4n) is 3.22. The van der Waals surface area contributed by atoms with Crippen LogP contribution in [0, 0.1) is 0 Å². The van der Waals surface area contributed by atoms with E-state index in [9.17, 15) is 14.7 Å². The Morgan fingerprint density at radius 2 is 2.00 bits per heavy atom. The van der Waals surface area contributed by atoms with Crippen LogP contribution in [0.1, 0.15) is 29.0 Å². The number of fused-ring (bicyclic) bond motifs is 1. The Balaban J connectivity index is 1.66. The second kappa shape index (κ2) is 7.69. The maximum absolute atomic E-state index is 12.8. The number of aromatic hydroxyl groups is 1. The number of anilines is 1. The Morgan fingerprint density at radius 3 is 2.79 bits per heavy atom. The third-order valence-electron chi connectivity index (χ3n) is 4.47. The van der Waals surface area contributed by atoms with Gasteiger partial charge in [-0.3, -0.25) is 9.59 Å². The molecule has 1 aromatic heterocycles. The molecule has 0 fully saturated rings. The molecule has 142 valence electrons. The number of rotatable bonds is 4. The number of aromatic nitrogens is 2. The van der Waals surface area contributed by atoms with Crippen LogP contribution in [0.4, 0.5) is 5.82 Å². The first kappa shape index (κ1) is 18.6. The number of phenolic OH excluding ortho intramolecular Hbond substituents is 1. The molecule has 6 nitrogen and oxygen atoms in total. The number of benzene rings is 2. The van der Waals surface area contributed by atoms with Crippen molar-refractivity contribution in [3.63, 3.8) is 0 Å². The summed E-state index contributed by atoms with van der Waals surface area (Å²) < 4.78 is 0. The van der Waals surface area contributed by atoms with Crippen molar-refractivity contribution in [1.29, 1.82) is 0 Å². The molecule has 0 spiro atoms. The van der Waals surface area contributed by atoms with Gasteiger partial charge in [-0.2, -0.15) is 0 Å². The van der Waals surface area contributed by atoms with Crippen molar-refractivity contribution in [3.8, 4) is 5.75 Å². The zero-order chi connectivity index (χ0) is 19.7. The largest absolute Gasteiger partial charge is 0.508 e. The van der Waals surface area contributed by atoms with Crippen molar-refractivity contribution in [2.24, 2.45) is 0 Å². The SMILES string of the molecule is O=C1CC(c2cccc(O)c2)c2c(nc(SCc3cccc(Cl)c3)[nH]c2=O)N1. The molecule has 4 rings (SSSR count). The van der Waals surface area contributed by atoms with Crippen LogP contribution in [0.5, 0.6) is 5.75 Å². The smallest absolute Gasteiger partial charge is 0.257 e. The third kappa shape index (κ3) is 3.90. The lowest BCUT2D eigenvalue weighted by Crippen LogP contribution is -2.31. The van der Waals surface area contributed by atoms with Gasteiger partial charge in [0.1, 0.15) is 11.6 Å². The lowest BCUT2D eigenvalue weighted by atomic mass is 9.87. The van der Waals surface area contributed by atoms with E-state index in [1.165, 1.54) is 11.8 Å². The summed E-state index contributed by atoms with van der Waals surface area (Å²) in [5.74, 6) is 0.250. The molecule has 2 aromatic carbocycles. The molecule has 1 amide bonds. The highest BCUT2D eigenvalue weighted by atomic mass is 35.5. The van der Waals surface area contributed by atoms with Crippen LogP contribution in [-0.2, 0) is 10.5 Å². The molecule has 2 heterocycles. The molecule has 0 bridgehead atoms. The van der Waals surface area contributed by atoms with Gasteiger partial charge in [0, 0.05) is 23.1 Å². The van der Waals surface area contributed by atoms with Crippen molar-refractivity contribution >= 4 is 35.1 Å². The first-order chi connectivity index (χ1) is 13.5. The average Bonchev–Trinajstić information content (AvgIpc) is 2.65. The minimum Gasteiger partial charge on any atom is -0.508 e. The van der Waals surface area contributed by atoms with Crippen molar-refractivity contribution in [2.75, 3.05) is 5.32 Å². The van der Waals surface area contributed by atoms with Crippen molar-refractivity contribution in [3.05, 3.63) is 80.6 Å². The fourth-order valence-corrected chi connectivity index (χ4v) is 4.24. The van der Waals surface area contributed by atoms with E-state index in [4.69, 9.17) is 11.6 Å². The number of phenols is 1. The summed E-state index contributed by atoms with van der Waals surface area (Å²) in [6.07, 6.45) is 0.121. The van der Waals surface area contributed by atoms with Gasteiger partial charge >= 0.3 is 0 Å². The molecule has 1 atom stereocenters. The first-order valence-electron chi connectivity index (χ1n) is 8.60. The van der Waals surface area contributed by atoms with E-state index in [-0.39, 0.29) is 29.5 Å². The Morgan fingerprint density at radius 1 is 1.18 bits per heavy atom. The predicted octanol–water partition coefficient (Wildman–Crippen LogP) is 3.90. The van der Waals surface area contributed by atoms with Gasteiger partial charge in [0.2, 0.25) is 5.91 Å². The molecule has 1 aliphatic heterocycles. The van der Waals surface area contributed by atoms with E-state index in [0.717, 1.165) is 5.56 Å². The number of halogens is 1. The van der Waals surface area contributed by atoms with Crippen LogP contribution in [-0.4, -0.2) is 21.0 Å². The maximum Gasteiger partial charge on any atom is 0.257 e. The second-order valence-corrected chi connectivity index (χ2v) is 7.85. The highest BCUT2D eigenvalue weighted by Crippen LogP contribution is 2.35. The van der Waals surface area contributed by atoms with Gasteiger partial charge in [0.15, 0.2) is 5.16 Å². The Kier molecular flexibility index (Phi) is 5.11. The number of carbonyl (C=O) groups excluding carboxylic acids is 1. The molecule has 3 aromatic rings. The van der Waals surface area contributed by atoms with Gasteiger partial charge < -0.3 is 15.4 Å². The molecule has 3 N–H and O–H groups in total. The normalized spacial score (nSPS) is 15.8. The van der Waals surface area contributed by atoms with Crippen LogP contribution in [0.15, 0.2) is 58.5 Å². The van der Waals surface area contributed by atoms with Crippen LogP contribution >= 0.6 is 23.4 Å². The summed E-state index contributed by atoms with van der Waals surface area (Å²) in [5.41, 5.74) is 1.80. The topological polar surface area (TPSA) is 95.1 Å². The number of nitrogens with zero attached hydrogens (tertiary/aromatic N) is 1. The van der Waals surface area contributed by atoms with Crippen LogP contribution < -0.4 is 10.9 Å². The first-order valence-corrected chi connectivity index (χ1v) is 9.96. The molecule has 1 unspecified atom stereocenters. The summed E-state index contributed by atoms with van der Waals surface area (Å²) in [6, 6.07) is 14.0. The van der Waals surface area contributed by atoms with Gasteiger partial charge in [-0.25, -0.2) is 4.98 Å². The van der Waals surface area contributed by atoms with Gasteiger partial charge in [0.05, 0.1) is 5.56 Å². The van der Waals surface area contributed by atoms with Crippen molar-refractivity contribution in [1.82, 2.24) is 9.97 Å². The van der Waals surface area contributed by atoms with Crippen molar-refractivity contribution in [2.45, 2.75) is 23.2 Å². The summed E-state index contributed by atoms with van der Waals surface area (Å²) in [7, 11) is 0. The van der Waals surface area contributed by atoms with Gasteiger partial charge in [0.25, 0.3) is 5.56 Å². The molecule has 0 saturated heterocycles. The lowest BCUT2D eigenvalue weighted by Gasteiger charge is -2.24. The quantitative estimate of drug-likeness (QED) is 0.445. The van der Waals surface area contributed by atoms with Gasteiger partial charge in [-0.15, -0.1) is 0 Å². The van der Waals surface area contributed by atoms with E-state index in [1.54, 1.807) is 30.3 Å². The molecule has 8 heteroatoms. The van der Waals surface area contributed by atoms with Crippen molar-refractivity contribution < 1.29 is 9.90 Å². The number of thioether (sulfide) groups is 1. The van der Waals surface area contributed by atoms with E-state index in [1.807, 2.05) is 18.2 Å². The monoisotopic (exact) mass is 413 g/mol. The highest BCUT2D eigenvalue weighted by Gasteiger charge is 2.31. The number of nitrogens with one attached hydrogen (secondary N) is 2. The number of aromatic amines is 1. The summed E-state index contributed by atoms with van der Waals surface area (Å²) >= 11 is 7.35. The van der Waals surface area contributed by atoms with E-state index < -0.39 is 5.92 Å². The van der Waals surface area contributed by atoms with Gasteiger partial charge in [-0.1, -0.05) is 47.6 Å². The number of hydrogen-bond donors (Lipinski definition) is 3. The van der Waals surface area contributed by atoms with Crippen LogP contribution in [0.3, 0.4) is 0 Å². The molecule has 28 heavy (non-hydrogen) atoms. The summed E-state index contributed by atoms with van der Waals surface area (Å²) in [5, 5.41) is 13.5. The zero-order valence-corrected chi connectivity index (χ0v) is 16.2. The number of H-pyrrole nitrogens is 1. The zero-order valence-electron chi connectivity index (χ0n) is 14.6. The highest BCUT2D eigenvalue weighted by molar-refractivity contribution is 7.98. The molecule has 0 aliphatic carbocycles. The number of amides is 1.